The van der Waals surface area contributed by atoms with Gasteiger partial charge in [-0.3, -0.25) is 9.78 Å². The van der Waals surface area contributed by atoms with Crippen LogP contribution in [0.5, 0.6) is 0 Å². The van der Waals surface area contributed by atoms with E-state index in [1.807, 2.05) is 60.7 Å². The molecule has 2 N–H and O–H groups in total. The molecule has 1 aliphatic heterocycles. The average Bonchev–Trinajstić information content (AvgIpc) is 3.32. The van der Waals surface area contributed by atoms with E-state index in [2.05, 4.69) is 15.6 Å². The van der Waals surface area contributed by atoms with Crippen molar-refractivity contribution >= 4 is 11.7 Å². The second-order valence-electron chi connectivity index (χ2n) is 7.30. The SMILES string of the molecule is O=C(NC[C@@H]1CCCO1)c1ccc(-c2ccccc2)nc1NCCc1ccccn1. The summed E-state index contributed by atoms with van der Waals surface area (Å²) in [6, 6.07) is 19.5. The number of hydrogen-bond donors (Lipinski definition) is 2. The average molecular weight is 402 g/mol. The molecule has 6 nitrogen and oxygen atoms in total. The Kier molecular flexibility index (Phi) is 6.67. The first kappa shape index (κ1) is 20.0. The van der Waals surface area contributed by atoms with Gasteiger partial charge in [0, 0.05) is 43.6 Å². The van der Waals surface area contributed by atoms with E-state index in [1.54, 1.807) is 6.20 Å². The lowest BCUT2D eigenvalue weighted by Crippen LogP contribution is -2.32. The third-order valence-corrected chi connectivity index (χ3v) is 5.12. The zero-order valence-corrected chi connectivity index (χ0v) is 16.9. The Labute approximate surface area is 176 Å². The van der Waals surface area contributed by atoms with Gasteiger partial charge in [-0.25, -0.2) is 4.98 Å². The minimum absolute atomic E-state index is 0.103. The molecule has 1 aromatic carbocycles. The summed E-state index contributed by atoms with van der Waals surface area (Å²) in [4.78, 5) is 21.9. The molecule has 0 aliphatic carbocycles. The van der Waals surface area contributed by atoms with Crippen molar-refractivity contribution in [3.63, 3.8) is 0 Å². The van der Waals surface area contributed by atoms with Crippen molar-refractivity contribution in [3.8, 4) is 11.3 Å². The highest BCUT2D eigenvalue weighted by atomic mass is 16.5. The Hall–Kier alpha value is -3.25. The fraction of sp³-hybridized carbons (Fsp3) is 0.292. The second-order valence-corrected chi connectivity index (χ2v) is 7.30. The Morgan fingerprint density at radius 3 is 2.70 bits per heavy atom. The standard InChI is InChI=1S/C24H26N4O2/c29-24(27-17-20-10-6-16-30-20)21-11-12-22(18-7-2-1-3-8-18)28-23(21)26-15-13-19-9-4-5-14-25-19/h1-5,7-9,11-12,14,20H,6,10,13,15-17H2,(H,26,28)(H,27,29)/t20-/m0/s1. The molecule has 0 saturated carbocycles. The van der Waals surface area contributed by atoms with Gasteiger partial charge in [0.05, 0.1) is 17.4 Å². The van der Waals surface area contributed by atoms with Crippen molar-refractivity contribution in [1.82, 2.24) is 15.3 Å². The van der Waals surface area contributed by atoms with Gasteiger partial charge in [0.15, 0.2) is 0 Å². The summed E-state index contributed by atoms with van der Waals surface area (Å²) in [5.74, 6) is 0.440. The number of nitrogens with one attached hydrogen (secondary N) is 2. The summed E-state index contributed by atoms with van der Waals surface area (Å²) in [6.45, 7) is 1.93. The van der Waals surface area contributed by atoms with Gasteiger partial charge in [-0.1, -0.05) is 36.4 Å². The Morgan fingerprint density at radius 2 is 1.93 bits per heavy atom. The molecule has 3 aromatic rings. The number of carbonyl (C=O) groups is 1. The molecule has 6 heteroatoms. The van der Waals surface area contributed by atoms with Crippen LogP contribution in [0.25, 0.3) is 11.3 Å². The lowest BCUT2D eigenvalue weighted by atomic mass is 10.1. The summed E-state index contributed by atoms with van der Waals surface area (Å²) in [7, 11) is 0. The van der Waals surface area contributed by atoms with E-state index in [9.17, 15) is 4.79 Å². The molecule has 154 valence electrons. The number of anilines is 1. The van der Waals surface area contributed by atoms with Crippen LogP contribution in [0.3, 0.4) is 0 Å². The molecule has 0 radical (unpaired) electrons. The maximum absolute atomic E-state index is 12.8. The predicted octanol–water partition coefficient (Wildman–Crippen LogP) is 3.71. The maximum atomic E-state index is 12.8. The van der Waals surface area contributed by atoms with Crippen LogP contribution in [0, 0.1) is 0 Å². The molecule has 4 rings (SSSR count). The van der Waals surface area contributed by atoms with Gasteiger partial charge >= 0.3 is 0 Å². The molecule has 1 fully saturated rings. The van der Waals surface area contributed by atoms with Crippen molar-refractivity contribution in [1.29, 1.82) is 0 Å². The summed E-state index contributed by atoms with van der Waals surface area (Å²) >= 11 is 0. The lowest BCUT2D eigenvalue weighted by molar-refractivity contribution is 0.0858. The number of nitrogens with zero attached hydrogens (tertiary/aromatic N) is 2. The largest absolute Gasteiger partial charge is 0.376 e. The molecule has 30 heavy (non-hydrogen) atoms. The number of aromatic nitrogens is 2. The highest BCUT2D eigenvalue weighted by Gasteiger charge is 2.19. The number of pyridine rings is 2. The highest BCUT2D eigenvalue weighted by Crippen LogP contribution is 2.22. The van der Waals surface area contributed by atoms with E-state index in [1.165, 1.54) is 0 Å². The topological polar surface area (TPSA) is 76.1 Å². The first-order chi connectivity index (χ1) is 14.8. The fourth-order valence-corrected chi connectivity index (χ4v) is 3.51. The van der Waals surface area contributed by atoms with E-state index in [-0.39, 0.29) is 12.0 Å². The number of ether oxygens (including phenoxy) is 1. The number of hydrogen-bond acceptors (Lipinski definition) is 5. The van der Waals surface area contributed by atoms with Gasteiger partial charge in [0.25, 0.3) is 5.91 Å². The van der Waals surface area contributed by atoms with E-state index < -0.39 is 0 Å². The van der Waals surface area contributed by atoms with Crippen LogP contribution in [-0.4, -0.2) is 41.7 Å². The Bertz CT molecular complexity index is 957. The quantitative estimate of drug-likeness (QED) is 0.601. The molecule has 1 amide bonds. The summed E-state index contributed by atoms with van der Waals surface area (Å²) in [5, 5.41) is 6.33. The van der Waals surface area contributed by atoms with Crippen LogP contribution in [-0.2, 0) is 11.2 Å². The van der Waals surface area contributed by atoms with Crippen LogP contribution in [0.1, 0.15) is 28.9 Å². The van der Waals surface area contributed by atoms with Crippen molar-refractivity contribution in [2.24, 2.45) is 0 Å². The number of carbonyl (C=O) groups excluding carboxylic acids is 1. The van der Waals surface area contributed by atoms with E-state index in [4.69, 9.17) is 9.72 Å². The molecule has 1 aliphatic rings. The molecule has 1 saturated heterocycles. The Balaban J connectivity index is 1.50. The first-order valence-corrected chi connectivity index (χ1v) is 10.4. The van der Waals surface area contributed by atoms with Gasteiger partial charge in [0.2, 0.25) is 0 Å². The van der Waals surface area contributed by atoms with Crippen molar-refractivity contribution in [3.05, 3.63) is 78.1 Å². The highest BCUT2D eigenvalue weighted by molar-refractivity contribution is 5.99. The van der Waals surface area contributed by atoms with Crippen molar-refractivity contribution in [2.75, 3.05) is 25.0 Å². The number of benzene rings is 1. The van der Waals surface area contributed by atoms with Gasteiger partial charge in [-0.05, 0) is 37.1 Å². The van der Waals surface area contributed by atoms with Crippen LogP contribution < -0.4 is 10.6 Å². The molecule has 2 aromatic heterocycles. The van der Waals surface area contributed by atoms with Gasteiger partial charge in [-0.2, -0.15) is 0 Å². The van der Waals surface area contributed by atoms with Gasteiger partial charge < -0.3 is 15.4 Å². The van der Waals surface area contributed by atoms with Crippen LogP contribution in [0.15, 0.2) is 66.9 Å². The second kappa shape index (κ2) is 9.98. The molecular formula is C24H26N4O2. The zero-order valence-electron chi connectivity index (χ0n) is 16.9. The Morgan fingerprint density at radius 1 is 1.07 bits per heavy atom. The van der Waals surface area contributed by atoms with Gasteiger partial charge in [-0.15, -0.1) is 0 Å². The molecule has 0 unspecified atom stereocenters. The van der Waals surface area contributed by atoms with Crippen LogP contribution in [0.4, 0.5) is 5.82 Å². The third-order valence-electron chi connectivity index (χ3n) is 5.12. The van der Waals surface area contributed by atoms with E-state index >= 15 is 0 Å². The van der Waals surface area contributed by atoms with Crippen molar-refractivity contribution < 1.29 is 9.53 Å². The minimum atomic E-state index is -0.141. The van der Waals surface area contributed by atoms with Crippen LogP contribution in [0.2, 0.25) is 0 Å². The number of amides is 1. The van der Waals surface area contributed by atoms with E-state index in [0.29, 0.717) is 24.5 Å². The first-order valence-electron chi connectivity index (χ1n) is 10.4. The van der Waals surface area contributed by atoms with Gasteiger partial charge in [0.1, 0.15) is 5.82 Å². The fourth-order valence-electron chi connectivity index (χ4n) is 3.51. The minimum Gasteiger partial charge on any atom is -0.376 e. The zero-order chi connectivity index (χ0) is 20.6. The molecule has 0 bridgehead atoms. The summed E-state index contributed by atoms with van der Waals surface area (Å²) < 4.78 is 5.61. The molecule has 1 atom stereocenters. The normalized spacial score (nSPS) is 15.7. The lowest BCUT2D eigenvalue weighted by Gasteiger charge is -2.15. The maximum Gasteiger partial charge on any atom is 0.255 e. The van der Waals surface area contributed by atoms with Crippen LogP contribution >= 0.6 is 0 Å². The summed E-state index contributed by atoms with van der Waals surface area (Å²) in [5.41, 5.74) is 3.37. The smallest absolute Gasteiger partial charge is 0.255 e. The third kappa shape index (κ3) is 5.21. The predicted molar refractivity (Wildman–Crippen MR) is 117 cm³/mol. The molecule has 3 heterocycles. The molecule has 0 spiro atoms. The summed E-state index contributed by atoms with van der Waals surface area (Å²) in [6.07, 6.45) is 4.67. The van der Waals surface area contributed by atoms with E-state index in [0.717, 1.165) is 42.8 Å². The number of rotatable bonds is 8. The monoisotopic (exact) mass is 402 g/mol. The van der Waals surface area contributed by atoms with Crippen molar-refractivity contribution in [2.45, 2.75) is 25.4 Å². The molecular weight excluding hydrogens is 376 g/mol.